The fourth-order valence-electron chi connectivity index (χ4n) is 2.97. The van der Waals surface area contributed by atoms with Crippen LogP contribution in [0.25, 0.3) is 10.9 Å². The van der Waals surface area contributed by atoms with Gasteiger partial charge in [-0.05, 0) is 38.3 Å². The molecule has 152 valence electrons. The zero-order chi connectivity index (χ0) is 21.0. The van der Waals surface area contributed by atoms with Crippen molar-refractivity contribution in [3.05, 3.63) is 45.0 Å². The van der Waals surface area contributed by atoms with Crippen LogP contribution in [0.15, 0.2) is 23.1 Å². The summed E-state index contributed by atoms with van der Waals surface area (Å²) >= 11 is 5.83. The number of aromatic nitrogens is 1. The van der Waals surface area contributed by atoms with E-state index in [1.165, 1.54) is 12.3 Å². The molecular formula is C20H24ClFN2O4. The van der Waals surface area contributed by atoms with Crippen molar-refractivity contribution in [2.45, 2.75) is 46.7 Å². The lowest BCUT2D eigenvalue weighted by Crippen LogP contribution is -2.44. The molecule has 0 saturated heterocycles. The molecule has 0 aliphatic heterocycles. The summed E-state index contributed by atoms with van der Waals surface area (Å²) in [6.45, 7) is 7.93. The molecule has 2 aromatic rings. The minimum absolute atomic E-state index is 0.0490. The van der Waals surface area contributed by atoms with Crippen LogP contribution in [0.5, 0.6) is 0 Å². The number of nitrogens with one attached hydrogen (secondary N) is 1. The van der Waals surface area contributed by atoms with E-state index in [1.807, 2.05) is 20.8 Å². The summed E-state index contributed by atoms with van der Waals surface area (Å²) in [5.41, 5.74) is -0.367. The maximum absolute atomic E-state index is 13.9. The highest BCUT2D eigenvalue weighted by Gasteiger charge is 2.25. The van der Waals surface area contributed by atoms with Crippen LogP contribution < -0.4 is 10.7 Å². The molecule has 28 heavy (non-hydrogen) atoms. The van der Waals surface area contributed by atoms with Crippen molar-refractivity contribution in [3.63, 3.8) is 0 Å². The lowest BCUT2D eigenvalue weighted by Gasteiger charge is -2.19. The number of fused-ring (bicyclic) bond motifs is 1. The van der Waals surface area contributed by atoms with Crippen molar-refractivity contribution < 1.29 is 18.7 Å². The highest BCUT2D eigenvalue weighted by Crippen LogP contribution is 2.22. The average Bonchev–Trinajstić information content (AvgIpc) is 2.63. The van der Waals surface area contributed by atoms with Gasteiger partial charge in [-0.1, -0.05) is 25.4 Å². The molecule has 1 aromatic carbocycles. The topological polar surface area (TPSA) is 77.4 Å². The van der Waals surface area contributed by atoms with Gasteiger partial charge in [-0.15, -0.1) is 0 Å². The molecular weight excluding hydrogens is 387 g/mol. The number of amides is 1. The average molecular weight is 411 g/mol. The van der Waals surface area contributed by atoms with Crippen LogP contribution in [0.4, 0.5) is 4.39 Å². The molecule has 0 bridgehead atoms. The number of aryl methyl sites for hydroxylation is 1. The standard InChI is InChI=1S/C20H24ClFN2O4/c1-5-24-10-13(18(25)12-8-15(22)14(21)9-17(12)24)19(26)23-16(7-11(3)4)20(27)28-6-2/h8-11,16H,5-7H2,1-4H3,(H,23,26)/t16-/m0/s1. The van der Waals surface area contributed by atoms with Gasteiger partial charge in [0.05, 0.1) is 17.1 Å². The Labute approximate surface area is 167 Å². The zero-order valence-electron chi connectivity index (χ0n) is 16.3. The second kappa shape index (κ2) is 9.19. The predicted octanol–water partition coefficient (Wildman–Crippen LogP) is 3.52. The second-order valence-electron chi connectivity index (χ2n) is 6.85. The van der Waals surface area contributed by atoms with Crippen molar-refractivity contribution in [1.29, 1.82) is 0 Å². The van der Waals surface area contributed by atoms with Crippen LogP contribution in [0.2, 0.25) is 5.02 Å². The number of hydrogen-bond acceptors (Lipinski definition) is 4. The molecule has 1 aromatic heterocycles. The Morgan fingerprint density at radius 3 is 2.54 bits per heavy atom. The van der Waals surface area contributed by atoms with Crippen LogP contribution in [0, 0.1) is 11.7 Å². The van der Waals surface area contributed by atoms with Crippen LogP contribution in [0.3, 0.4) is 0 Å². The Bertz CT molecular complexity index is 955. The summed E-state index contributed by atoms with van der Waals surface area (Å²) in [5.74, 6) is -1.88. The van der Waals surface area contributed by atoms with E-state index in [0.717, 1.165) is 6.07 Å². The summed E-state index contributed by atoms with van der Waals surface area (Å²) in [4.78, 5) is 37.7. The number of esters is 1. The van der Waals surface area contributed by atoms with E-state index >= 15 is 0 Å². The number of ether oxygens (including phenoxy) is 1. The zero-order valence-corrected chi connectivity index (χ0v) is 17.1. The first-order valence-corrected chi connectivity index (χ1v) is 9.57. The Balaban J connectivity index is 2.49. The Hall–Kier alpha value is -2.41. The summed E-state index contributed by atoms with van der Waals surface area (Å²) < 4.78 is 20.6. The highest BCUT2D eigenvalue weighted by atomic mass is 35.5. The van der Waals surface area contributed by atoms with E-state index in [4.69, 9.17) is 16.3 Å². The third-order valence-corrected chi connectivity index (χ3v) is 4.58. The molecule has 0 saturated carbocycles. The number of rotatable bonds is 7. The van der Waals surface area contributed by atoms with E-state index < -0.39 is 29.2 Å². The monoisotopic (exact) mass is 410 g/mol. The third-order valence-electron chi connectivity index (χ3n) is 4.29. The maximum Gasteiger partial charge on any atom is 0.328 e. The van der Waals surface area contributed by atoms with Gasteiger partial charge in [0.15, 0.2) is 0 Å². The molecule has 1 heterocycles. The van der Waals surface area contributed by atoms with Gasteiger partial charge in [-0.25, -0.2) is 9.18 Å². The molecule has 1 amide bonds. The normalized spacial score (nSPS) is 12.2. The van der Waals surface area contributed by atoms with E-state index in [9.17, 15) is 18.8 Å². The van der Waals surface area contributed by atoms with Gasteiger partial charge < -0.3 is 14.6 Å². The minimum atomic E-state index is -0.875. The van der Waals surface area contributed by atoms with Crippen LogP contribution in [-0.2, 0) is 16.1 Å². The maximum atomic E-state index is 13.9. The SMILES string of the molecule is CCOC(=O)[C@H](CC(C)C)NC(=O)c1cn(CC)c2cc(Cl)c(F)cc2c1=O. The second-order valence-corrected chi connectivity index (χ2v) is 7.26. The van der Waals surface area contributed by atoms with Gasteiger partial charge >= 0.3 is 5.97 Å². The molecule has 1 atom stereocenters. The fraction of sp³-hybridized carbons (Fsp3) is 0.450. The number of halogens is 2. The van der Waals surface area contributed by atoms with Crippen LogP contribution in [-0.4, -0.2) is 29.1 Å². The van der Waals surface area contributed by atoms with Crippen molar-refractivity contribution in [3.8, 4) is 0 Å². The van der Waals surface area contributed by atoms with Gasteiger partial charge in [-0.3, -0.25) is 9.59 Å². The summed E-state index contributed by atoms with van der Waals surface area (Å²) in [6.07, 6.45) is 1.76. The number of pyridine rings is 1. The van der Waals surface area contributed by atoms with Crippen molar-refractivity contribution in [2.75, 3.05) is 6.61 Å². The van der Waals surface area contributed by atoms with E-state index in [1.54, 1.807) is 11.5 Å². The first kappa shape index (κ1) is 21.9. The fourth-order valence-corrected chi connectivity index (χ4v) is 3.13. The van der Waals surface area contributed by atoms with Gasteiger partial charge in [0.2, 0.25) is 5.43 Å². The smallest absolute Gasteiger partial charge is 0.328 e. The molecule has 0 spiro atoms. The predicted molar refractivity (Wildman–Crippen MR) is 106 cm³/mol. The van der Waals surface area contributed by atoms with Gasteiger partial charge in [-0.2, -0.15) is 0 Å². The molecule has 0 aliphatic rings. The molecule has 0 fully saturated rings. The first-order valence-electron chi connectivity index (χ1n) is 9.19. The third kappa shape index (κ3) is 4.70. The van der Waals surface area contributed by atoms with E-state index in [0.29, 0.717) is 18.5 Å². The lowest BCUT2D eigenvalue weighted by molar-refractivity contribution is -0.145. The molecule has 6 nitrogen and oxygen atoms in total. The Kier molecular flexibility index (Phi) is 7.18. The van der Waals surface area contributed by atoms with Gasteiger partial charge in [0.25, 0.3) is 5.91 Å². The van der Waals surface area contributed by atoms with Gasteiger partial charge in [0.1, 0.15) is 17.4 Å². The van der Waals surface area contributed by atoms with Crippen LogP contribution >= 0.6 is 11.6 Å². The molecule has 0 unspecified atom stereocenters. The number of nitrogens with zero attached hydrogens (tertiary/aromatic N) is 1. The minimum Gasteiger partial charge on any atom is -0.464 e. The number of carbonyl (C=O) groups is 2. The summed E-state index contributed by atoms with van der Waals surface area (Å²) in [7, 11) is 0. The van der Waals surface area contributed by atoms with Crippen molar-refractivity contribution in [2.24, 2.45) is 5.92 Å². The molecule has 0 radical (unpaired) electrons. The van der Waals surface area contributed by atoms with E-state index in [-0.39, 0.29) is 28.5 Å². The number of benzene rings is 1. The summed E-state index contributed by atoms with van der Waals surface area (Å²) in [6, 6.07) is 1.51. The molecule has 8 heteroatoms. The summed E-state index contributed by atoms with van der Waals surface area (Å²) in [5, 5.41) is 2.53. The van der Waals surface area contributed by atoms with Crippen molar-refractivity contribution in [1.82, 2.24) is 9.88 Å². The number of carbonyl (C=O) groups excluding carboxylic acids is 2. The first-order chi connectivity index (χ1) is 13.2. The lowest BCUT2D eigenvalue weighted by atomic mass is 10.0. The molecule has 0 aliphatic carbocycles. The Morgan fingerprint density at radius 2 is 1.96 bits per heavy atom. The quantitative estimate of drug-likeness (QED) is 0.708. The molecule has 1 N–H and O–H groups in total. The number of hydrogen-bond donors (Lipinski definition) is 1. The Morgan fingerprint density at radius 1 is 1.29 bits per heavy atom. The highest BCUT2D eigenvalue weighted by molar-refractivity contribution is 6.31. The van der Waals surface area contributed by atoms with Gasteiger partial charge in [0, 0.05) is 18.1 Å². The largest absolute Gasteiger partial charge is 0.464 e. The van der Waals surface area contributed by atoms with Crippen LogP contribution in [0.1, 0.15) is 44.5 Å². The molecule has 2 rings (SSSR count). The van der Waals surface area contributed by atoms with Crippen molar-refractivity contribution >= 4 is 34.4 Å². The van der Waals surface area contributed by atoms with E-state index in [2.05, 4.69) is 5.32 Å².